The summed E-state index contributed by atoms with van der Waals surface area (Å²) >= 11 is 0. The SMILES string of the molecule is CC(C)C(C(=O)NC1CCC(C)(C)CC1)C(N)=NO. The molecule has 0 spiro atoms. The van der Waals surface area contributed by atoms with Crippen molar-refractivity contribution in [1.29, 1.82) is 0 Å². The number of carbonyl (C=O) groups is 1. The normalized spacial score (nSPS) is 22.3. The topological polar surface area (TPSA) is 87.7 Å². The van der Waals surface area contributed by atoms with Crippen molar-refractivity contribution < 1.29 is 10.0 Å². The Morgan fingerprint density at radius 1 is 1.37 bits per heavy atom. The minimum atomic E-state index is -0.556. The van der Waals surface area contributed by atoms with Gasteiger partial charge in [0, 0.05) is 6.04 Å². The summed E-state index contributed by atoms with van der Waals surface area (Å²) < 4.78 is 0. The van der Waals surface area contributed by atoms with E-state index in [0.717, 1.165) is 25.7 Å². The fourth-order valence-corrected chi connectivity index (χ4v) is 2.68. The quantitative estimate of drug-likeness (QED) is 0.316. The monoisotopic (exact) mass is 269 g/mol. The van der Waals surface area contributed by atoms with E-state index in [0.29, 0.717) is 5.41 Å². The van der Waals surface area contributed by atoms with Crippen molar-refractivity contribution in [1.82, 2.24) is 5.32 Å². The van der Waals surface area contributed by atoms with Crippen LogP contribution < -0.4 is 11.1 Å². The molecule has 1 saturated carbocycles. The molecule has 1 aliphatic rings. The molecule has 5 heteroatoms. The molecule has 0 saturated heterocycles. The third kappa shape index (κ3) is 4.40. The second kappa shape index (κ2) is 6.26. The van der Waals surface area contributed by atoms with E-state index >= 15 is 0 Å². The first-order valence-electron chi connectivity index (χ1n) is 7.04. The van der Waals surface area contributed by atoms with E-state index < -0.39 is 5.92 Å². The Labute approximate surface area is 115 Å². The molecule has 1 atom stereocenters. The van der Waals surface area contributed by atoms with E-state index in [1.54, 1.807) is 0 Å². The first kappa shape index (κ1) is 15.8. The molecule has 5 nitrogen and oxygen atoms in total. The van der Waals surface area contributed by atoms with Crippen LogP contribution in [0.25, 0.3) is 0 Å². The highest BCUT2D eigenvalue weighted by Crippen LogP contribution is 2.35. The van der Waals surface area contributed by atoms with Gasteiger partial charge in [0.15, 0.2) is 5.84 Å². The van der Waals surface area contributed by atoms with Gasteiger partial charge in [-0.25, -0.2) is 0 Å². The third-order valence-corrected chi connectivity index (χ3v) is 4.07. The highest BCUT2D eigenvalue weighted by molar-refractivity contribution is 6.02. The van der Waals surface area contributed by atoms with E-state index in [1.807, 2.05) is 13.8 Å². The minimum absolute atomic E-state index is 0.0101. The lowest BCUT2D eigenvalue weighted by atomic mass is 9.75. The Balaban J connectivity index is 2.59. The van der Waals surface area contributed by atoms with E-state index in [-0.39, 0.29) is 23.7 Å². The van der Waals surface area contributed by atoms with Crippen LogP contribution in [0, 0.1) is 17.3 Å². The number of hydrogen-bond donors (Lipinski definition) is 3. The fraction of sp³-hybridized carbons (Fsp3) is 0.857. The molecule has 19 heavy (non-hydrogen) atoms. The van der Waals surface area contributed by atoms with Gasteiger partial charge in [-0.1, -0.05) is 32.9 Å². The molecular formula is C14H27N3O2. The largest absolute Gasteiger partial charge is 0.409 e. The first-order chi connectivity index (χ1) is 8.76. The first-order valence-corrected chi connectivity index (χ1v) is 7.04. The van der Waals surface area contributed by atoms with Crippen molar-refractivity contribution in [3.05, 3.63) is 0 Å². The van der Waals surface area contributed by atoms with Gasteiger partial charge in [0.1, 0.15) is 5.92 Å². The number of amidine groups is 1. The van der Waals surface area contributed by atoms with Gasteiger partial charge in [0.2, 0.25) is 5.91 Å². The van der Waals surface area contributed by atoms with Gasteiger partial charge in [0.05, 0.1) is 0 Å². The maximum atomic E-state index is 12.2. The Morgan fingerprint density at radius 2 is 1.89 bits per heavy atom. The minimum Gasteiger partial charge on any atom is -0.409 e. The van der Waals surface area contributed by atoms with Crippen LogP contribution in [-0.4, -0.2) is 23.0 Å². The van der Waals surface area contributed by atoms with E-state index in [4.69, 9.17) is 10.9 Å². The van der Waals surface area contributed by atoms with Gasteiger partial charge in [0.25, 0.3) is 0 Å². The highest BCUT2D eigenvalue weighted by atomic mass is 16.4. The van der Waals surface area contributed by atoms with Crippen molar-refractivity contribution >= 4 is 11.7 Å². The van der Waals surface area contributed by atoms with Crippen LogP contribution in [-0.2, 0) is 4.79 Å². The van der Waals surface area contributed by atoms with Crippen LogP contribution in [0.4, 0.5) is 0 Å². The van der Waals surface area contributed by atoms with E-state index in [2.05, 4.69) is 24.3 Å². The molecule has 0 aromatic rings. The molecular weight excluding hydrogens is 242 g/mol. The summed E-state index contributed by atoms with van der Waals surface area (Å²) in [4.78, 5) is 12.2. The van der Waals surface area contributed by atoms with Crippen molar-refractivity contribution in [3.8, 4) is 0 Å². The van der Waals surface area contributed by atoms with Gasteiger partial charge in [-0.15, -0.1) is 0 Å². The molecule has 1 fully saturated rings. The molecule has 1 aliphatic carbocycles. The third-order valence-electron chi connectivity index (χ3n) is 4.07. The van der Waals surface area contributed by atoms with Crippen molar-refractivity contribution in [2.24, 2.45) is 28.1 Å². The molecule has 0 aromatic heterocycles. The molecule has 1 rings (SSSR count). The molecule has 0 aliphatic heterocycles. The number of carbonyl (C=O) groups excluding carboxylic acids is 1. The average molecular weight is 269 g/mol. The second-order valence-corrected chi connectivity index (χ2v) is 6.69. The summed E-state index contributed by atoms with van der Waals surface area (Å²) in [5.41, 5.74) is 5.99. The summed E-state index contributed by atoms with van der Waals surface area (Å²) in [7, 11) is 0. The van der Waals surface area contributed by atoms with Crippen LogP contribution in [0.15, 0.2) is 5.16 Å². The average Bonchev–Trinajstić information content (AvgIpc) is 2.31. The van der Waals surface area contributed by atoms with Crippen LogP contribution in [0.2, 0.25) is 0 Å². The number of hydrogen-bond acceptors (Lipinski definition) is 3. The van der Waals surface area contributed by atoms with Crippen molar-refractivity contribution in [2.45, 2.75) is 59.4 Å². The van der Waals surface area contributed by atoms with Crippen LogP contribution >= 0.6 is 0 Å². The summed E-state index contributed by atoms with van der Waals surface area (Å²) in [5, 5.41) is 14.8. The Hall–Kier alpha value is -1.26. The molecule has 110 valence electrons. The van der Waals surface area contributed by atoms with Crippen molar-refractivity contribution in [3.63, 3.8) is 0 Å². The maximum absolute atomic E-state index is 12.2. The molecule has 1 unspecified atom stereocenters. The number of nitrogens with one attached hydrogen (secondary N) is 1. The lowest BCUT2D eigenvalue weighted by Crippen LogP contribution is -2.47. The zero-order chi connectivity index (χ0) is 14.6. The van der Waals surface area contributed by atoms with Gasteiger partial charge in [-0.3, -0.25) is 4.79 Å². The predicted octanol–water partition coefficient (Wildman–Crippen LogP) is 2.09. The number of nitrogens with zero attached hydrogens (tertiary/aromatic N) is 1. The van der Waals surface area contributed by atoms with Gasteiger partial charge in [-0.05, 0) is 37.0 Å². The molecule has 0 radical (unpaired) electrons. The Morgan fingerprint density at radius 3 is 2.32 bits per heavy atom. The fourth-order valence-electron chi connectivity index (χ4n) is 2.68. The van der Waals surface area contributed by atoms with Crippen molar-refractivity contribution in [2.75, 3.05) is 0 Å². The van der Waals surface area contributed by atoms with E-state index in [9.17, 15) is 4.79 Å². The van der Waals surface area contributed by atoms with Gasteiger partial charge < -0.3 is 16.3 Å². The summed E-state index contributed by atoms with van der Waals surface area (Å²) in [6, 6.07) is 0.216. The summed E-state index contributed by atoms with van der Waals surface area (Å²) in [6.07, 6.45) is 4.24. The molecule has 0 aromatic carbocycles. The lowest BCUT2D eigenvalue weighted by Gasteiger charge is -2.35. The zero-order valence-corrected chi connectivity index (χ0v) is 12.4. The maximum Gasteiger partial charge on any atom is 0.231 e. The number of nitrogens with two attached hydrogens (primary N) is 1. The smallest absolute Gasteiger partial charge is 0.231 e. The summed E-state index contributed by atoms with van der Waals surface area (Å²) in [5.74, 6) is -0.686. The van der Waals surface area contributed by atoms with Crippen LogP contribution in [0.5, 0.6) is 0 Å². The van der Waals surface area contributed by atoms with Gasteiger partial charge >= 0.3 is 0 Å². The summed E-state index contributed by atoms with van der Waals surface area (Å²) in [6.45, 7) is 8.31. The highest BCUT2D eigenvalue weighted by Gasteiger charge is 2.31. The molecule has 0 heterocycles. The number of amides is 1. The van der Waals surface area contributed by atoms with E-state index in [1.165, 1.54) is 0 Å². The molecule has 1 amide bonds. The van der Waals surface area contributed by atoms with Gasteiger partial charge in [-0.2, -0.15) is 0 Å². The molecule has 0 bridgehead atoms. The zero-order valence-electron chi connectivity index (χ0n) is 12.4. The van der Waals surface area contributed by atoms with Crippen LogP contribution in [0.1, 0.15) is 53.4 Å². The Kier molecular flexibility index (Phi) is 5.20. The second-order valence-electron chi connectivity index (χ2n) is 6.69. The molecule has 4 N–H and O–H groups in total. The standard InChI is InChI=1S/C14H27N3O2/c1-9(2)11(12(15)17-19)13(18)16-10-5-7-14(3,4)8-6-10/h9-11,19H,5-8H2,1-4H3,(H2,15,17)(H,16,18). The lowest BCUT2D eigenvalue weighted by molar-refractivity contribution is -0.125. The Bertz CT molecular complexity index is 341. The number of oxime groups is 1. The van der Waals surface area contributed by atoms with Crippen LogP contribution in [0.3, 0.4) is 0 Å². The predicted molar refractivity (Wildman–Crippen MR) is 75.9 cm³/mol. The number of rotatable bonds is 4.